The summed E-state index contributed by atoms with van der Waals surface area (Å²) in [6, 6.07) is 12.1. The molecule has 2 atom stereocenters. The molecule has 0 saturated carbocycles. The lowest BCUT2D eigenvalue weighted by atomic mass is 9.74. The van der Waals surface area contributed by atoms with E-state index in [1.807, 2.05) is 12.1 Å². The van der Waals surface area contributed by atoms with Crippen molar-refractivity contribution in [2.45, 2.75) is 31.2 Å². The van der Waals surface area contributed by atoms with Gasteiger partial charge in [-0.3, -0.25) is 11.3 Å². The molecule has 3 N–H and O–H groups in total. The molecule has 2 aromatic rings. The van der Waals surface area contributed by atoms with Crippen molar-refractivity contribution in [2.75, 3.05) is 0 Å². The molecule has 1 aliphatic carbocycles. The van der Waals surface area contributed by atoms with Crippen LogP contribution in [0.15, 0.2) is 42.5 Å². The Labute approximate surface area is 122 Å². The molecule has 0 bridgehead atoms. The van der Waals surface area contributed by atoms with Crippen LogP contribution in [0.3, 0.4) is 0 Å². The van der Waals surface area contributed by atoms with Crippen LogP contribution >= 0.6 is 0 Å². The molecule has 3 rings (SSSR count). The minimum atomic E-state index is -0.510. The Kier molecular flexibility index (Phi) is 3.99. The molecule has 110 valence electrons. The Morgan fingerprint density at radius 3 is 2.48 bits per heavy atom. The average molecular weight is 288 g/mol. The zero-order chi connectivity index (χ0) is 14.8. The molecule has 2 nitrogen and oxygen atoms in total. The molecule has 2 aromatic carbocycles. The van der Waals surface area contributed by atoms with Crippen LogP contribution < -0.4 is 11.3 Å². The number of fused-ring (bicyclic) bond motifs is 1. The van der Waals surface area contributed by atoms with Crippen LogP contribution in [0.1, 0.15) is 29.0 Å². The molecule has 0 aromatic heterocycles. The average Bonchev–Trinajstić information content (AvgIpc) is 2.46. The number of nitrogens with one attached hydrogen (secondary N) is 1. The van der Waals surface area contributed by atoms with E-state index in [0.717, 1.165) is 12.8 Å². The molecular weight excluding hydrogens is 270 g/mol. The van der Waals surface area contributed by atoms with Crippen molar-refractivity contribution >= 4 is 0 Å². The first-order valence-corrected chi connectivity index (χ1v) is 7.16. The van der Waals surface area contributed by atoms with E-state index >= 15 is 0 Å². The van der Waals surface area contributed by atoms with E-state index < -0.39 is 11.6 Å². The van der Waals surface area contributed by atoms with E-state index in [-0.39, 0.29) is 18.0 Å². The predicted octanol–water partition coefficient (Wildman–Crippen LogP) is 3.07. The molecule has 4 heteroatoms. The maximum absolute atomic E-state index is 13.7. The fourth-order valence-corrected chi connectivity index (χ4v) is 3.10. The Morgan fingerprint density at radius 2 is 1.81 bits per heavy atom. The van der Waals surface area contributed by atoms with Gasteiger partial charge in [-0.05, 0) is 48.4 Å². The van der Waals surface area contributed by atoms with E-state index in [9.17, 15) is 8.78 Å². The smallest absolute Gasteiger partial charge is 0.129 e. The van der Waals surface area contributed by atoms with E-state index in [4.69, 9.17) is 5.84 Å². The monoisotopic (exact) mass is 288 g/mol. The largest absolute Gasteiger partial charge is 0.271 e. The van der Waals surface area contributed by atoms with Gasteiger partial charge in [-0.1, -0.05) is 30.3 Å². The number of hydrogen-bond donors (Lipinski definition) is 2. The summed E-state index contributed by atoms with van der Waals surface area (Å²) >= 11 is 0. The van der Waals surface area contributed by atoms with E-state index in [1.54, 1.807) is 0 Å². The van der Waals surface area contributed by atoms with Crippen molar-refractivity contribution in [3.63, 3.8) is 0 Å². The fraction of sp³-hybridized carbons (Fsp3) is 0.294. The highest BCUT2D eigenvalue weighted by molar-refractivity contribution is 5.40. The molecule has 21 heavy (non-hydrogen) atoms. The summed E-state index contributed by atoms with van der Waals surface area (Å²) in [6.07, 6.45) is 2.04. The van der Waals surface area contributed by atoms with Crippen molar-refractivity contribution < 1.29 is 8.78 Å². The highest BCUT2D eigenvalue weighted by Gasteiger charge is 2.28. The second kappa shape index (κ2) is 5.92. The summed E-state index contributed by atoms with van der Waals surface area (Å²) < 4.78 is 27.4. The summed E-state index contributed by atoms with van der Waals surface area (Å²) in [5.74, 6) is 4.97. The molecule has 0 saturated heterocycles. The molecule has 0 fully saturated rings. The zero-order valence-electron chi connectivity index (χ0n) is 11.7. The van der Waals surface area contributed by atoms with Gasteiger partial charge < -0.3 is 0 Å². The summed E-state index contributed by atoms with van der Waals surface area (Å²) in [7, 11) is 0. The lowest BCUT2D eigenvalue weighted by molar-refractivity contribution is 0.410. The minimum absolute atomic E-state index is 0.105. The second-order valence-electron chi connectivity index (χ2n) is 5.60. The van der Waals surface area contributed by atoms with Gasteiger partial charge in [-0.2, -0.15) is 0 Å². The molecule has 2 unspecified atom stereocenters. The molecule has 0 spiro atoms. The Balaban J connectivity index is 1.70. The van der Waals surface area contributed by atoms with Gasteiger partial charge in [-0.15, -0.1) is 0 Å². The number of nitrogens with two attached hydrogens (primary N) is 1. The van der Waals surface area contributed by atoms with Crippen LogP contribution in [0, 0.1) is 11.6 Å². The third kappa shape index (κ3) is 2.82. The van der Waals surface area contributed by atoms with Gasteiger partial charge in [0.05, 0.1) is 0 Å². The number of hydrogen-bond acceptors (Lipinski definition) is 2. The lowest BCUT2D eigenvalue weighted by Crippen LogP contribution is -2.39. The maximum Gasteiger partial charge on any atom is 0.129 e. The van der Waals surface area contributed by atoms with Crippen LogP contribution in [-0.2, 0) is 12.8 Å². The summed E-state index contributed by atoms with van der Waals surface area (Å²) in [5.41, 5.74) is 5.49. The van der Waals surface area contributed by atoms with Crippen molar-refractivity contribution in [1.29, 1.82) is 0 Å². The third-order valence-corrected chi connectivity index (χ3v) is 4.28. The van der Waals surface area contributed by atoms with Crippen LogP contribution in [-0.4, -0.2) is 6.04 Å². The normalized spacial score (nSPS) is 18.0. The first kappa shape index (κ1) is 14.2. The van der Waals surface area contributed by atoms with E-state index in [2.05, 4.69) is 17.6 Å². The highest BCUT2D eigenvalue weighted by Crippen LogP contribution is 2.38. The SMILES string of the molecule is NNC(Cc1c(F)cccc1F)CC1Cc2ccccc21. The second-order valence-corrected chi connectivity index (χ2v) is 5.60. The van der Waals surface area contributed by atoms with Gasteiger partial charge in [0.1, 0.15) is 11.6 Å². The summed E-state index contributed by atoms with van der Waals surface area (Å²) in [4.78, 5) is 0. The molecule has 0 amide bonds. The van der Waals surface area contributed by atoms with E-state index in [1.165, 1.54) is 29.3 Å². The van der Waals surface area contributed by atoms with Gasteiger partial charge in [-0.25, -0.2) is 8.78 Å². The standard InChI is InChI=1S/C17H18F2N2/c18-16-6-3-7-17(19)15(16)10-13(21-20)9-12-8-11-4-1-2-5-14(11)12/h1-7,12-13,21H,8-10,20H2. The number of halogens is 2. The summed E-state index contributed by atoms with van der Waals surface area (Å²) in [6.45, 7) is 0. The van der Waals surface area contributed by atoms with Gasteiger partial charge >= 0.3 is 0 Å². The zero-order valence-corrected chi connectivity index (χ0v) is 11.7. The maximum atomic E-state index is 13.7. The van der Waals surface area contributed by atoms with E-state index in [0.29, 0.717) is 5.92 Å². The topological polar surface area (TPSA) is 38.0 Å². The molecule has 0 heterocycles. The molecule has 1 aliphatic rings. The first-order chi connectivity index (χ1) is 10.2. The number of benzene rings is 2. The number of rotatable bonds is 5. The quantitative estimate of drug-likeness (QED) is 0.655. The van der Waals surface area contributed by atoms with Crippen molar-refractivity contribution in [3.8, 4) is 0 Å². The molecule has 0 radical (unpaired) electrons. The molecular formula is C17H18F2N2. The van der Waals surface area contributed by atoms with Crippen molar-refractivity contribution in [1.82, 2.24) is 5.43 Å². The fourth-order valence-electron chi connectivity index (χ4n) is 3.10. The third-order valence-electron chi connectivity index (χ3n) is 4.28. The predicted molar refractivity (Wildman–Crippen MR) is 78.7 cm³/mol. The van der Waals surface area contributed by atoms with Gasteiger partial charge in [0, 0.05) is 11.6 Å². The Bertz CT molecular complexity index is 622. The van der Waals surface area contributed by atoms with Crippen LogP contribution in [0.4, 0.5) is 8.78 Å². The highest BCUT2D eigenvalue weighted by atomic mass is 19.1. The van der Waals surface area contributed by atoms with Gasteiger partial charge in [0.2, 0.25) is 0 Å². The van der Waals surface area contributed by atoms with Crippen molar-refractivity contribution in [2.24, 2.45) is 5.84 Å². The summed E-state index contributed by atoms with van der Waals surface area (Å²) in [5, 5.41) is 0. The molecule has 0 aliphatic heterocycles. The first-order valence-electron chi connectivity index (χ1n) is 7.16. The van der Waals surface area contributed by atoms with Crippen LogP contribution in [0.25, 0.3) is 0 Å². The minimum Gasteiger partial charge on any atom is -0.271 e. The Morgan fingerprint density at radius 1 is 1.10 bits per heavy atom. The lowest BCUT2D eigenvalue weighted by Gasteiger charge is -2.33. The van der Waals surface area contributed by atoms with Crippen LogP contribution in [0.2, 0.25) is 0 Å². The van der Waals surface area contributed by atoms with Gasteiger partial charge in [0.15, 0.2) is 0 Å². The van der Waals surface area contributed by atoms with Crippen molar-refractivity contribution in [3.05, 3.63) is 70.8 Å². The van der Waals surface area contributed by atoms with Crippen LogP contribution in [0.5, 0.6) is 0 Å². The number of hydrazine groups is 1. The Hall–Kier alpha value is -1.78. The van der Waals surface area contributed by atoms with Gasteiger partial charge in [0.25, 0.3) is 0 Å².